The smallest absolute Gasteiger partial charge is 0.131 e. The SMILES string of the molecule is CCCCCc1ncc(CBr)c(N)n1. The van der Waals surface area contributed by atoms with E-state index in [4.69, 9.17) is 5.73 Å². The zero-order valence-electron chi connectivity index (χ0n) is 8.46. The number of nitrogen functional groups attached to an aromatic ring is 1. The Morgan fingerprint density at radius 1 is 1.43 bits per heavy atom. The van der Waals surface area contributed by atoms with Crippen LogP contribution in [0.5, 0.6) is 0 Å². The predicted octanol–water partition coefficient (Wildman–Crippen LogP) is 2.69. The summed E-state index contributed by atoms with van der Waals surface area (Å²) in [5.41, 5.74) is 6.72. The second kappa shape index (κ2) is 5.96. The number of rotatable bonds is 5. The Hall–Kier alpha value is -0.640. The number of aryl methyl sites for hydroxylation is 1. The molecule has 78 valence electrons. The van der Waals surface area contributed by atoms with Gasteiger partial charge in [-0.2, -0.15) is 0 Å². The minimum Gasteiger partial charge on any atom is -0.383 e. The number of hydrogen-bond donors (Lipinski definition) is 1. The summed E-state index contributed by atoms with van der Waals surface area (Å²) in [7, 11) is 0. The van der Waals surface area contributed by atoms with E-state index in [1.165, 1.54) is 12.8 Å². The zero-order valence-corrected chi connectivity index (χ0v) is 10.0. The van der Waals surface area contributed by atoms with Gasteiger partial charge in [0, 0.05) is 23.5 Å². The van der Waals surface area contributed by atoms with Crippen LogP contribution in [-0.4, -0.2) is 9.97 Å². The maximum Gasteiger partial charge on any atom is 0.131 e. The average molecular weight is 258 g/mol. The monoisotopic (exact) mass is 257 g/mol. The highest BCUT2D eigenvalue weighted by Gasteiger charge is 2.02. The van der Waals surface area contributed by atoms with Crippen molar-refractivity contribution in [2.24, 2.45) is 0 Å². The highest BCUT2D eigenvalue weighted by Crippen LogP contribution is 2.12. The van der Waals surface area contributed by atoms with Crippen LogP contribution in [0.2, 0.25) is 0 Å². The third kappa shape index (κ3) is 3.25. The minimum atomic E-state index is 0.600. The van der Waals surface area contributed by atoms with Gasteiger partial charge in [0.25, 0.3) is 0 Å². The molecular weight excluding hydrogens is 242 g/mol. The molecule has 4 heteroatoms. The van der Waals surface area contributed by atoms with Gasteiger partial charge in [-0.1, -0.05) is 35.7 Å². The molecule has 0 spiro atoms. The van der Waals surface area contributed by atoms with E-state index >= 15 is 0 Å². The molecule has 0 aromatic carbocycles. The number of unbranched alkanes of at least 4 members (excludes halogenated alkanes) is 2. The summed E-state index contributed by atoms with van der Waals surface area (Å²) in [6.45, 7) is 2.18. The molecule has 0 aliphatic heterocycles. The summed E-state index contributed by atoms with van der Waals surface area (Å²) >= 11 is 3.34. The first-order chi connectivity index (χ1) is 6.77. The van der Waals surface area contributed by atoms with Crippen molar-refractivity contribution in [3.8, 4) is 0 Å². The summed E-state index contributed by atoms with van der Waals surface area (Å²) in [5, 5.41) is 0.716. The third-order valence-electron chi connectivity index (χ3n) is 2.10. The normalized spacial score (nSPS) is 10.4. The molecule has 1 heterocycles. The Labute approximate surface area is 93.3 Å². The van der Waals surface area contributed by atoms with Crippen molar-refractivity contribution < 1.29 is 0 Å². The van der Waals surface area contributed by atoms with Gasteiger partial charge >= 0.3 is 0 Å². The number of anilines is 1. The van der Waals surface area contributed by atoms with Gasteiger partial charge in [-0.05, 0) is 6.42 Å². The second-order valence-corrected chi connectivity index (χ2v) is 3.85. The molecule has 0 fully saturated rings. The summed E-state index contributed by atoms with van der Waals surface area (Å²) in [4.78, 5) is 8.51. The van der Waals surface area contributed by atoms with Crippen LogP contribution in [0.25, 0.3) is 0 Å². The van der Waals surface area contributed by atoms with E-state index in [0.29, 0.717) is 11.1 Å². The standard InChI is InChI=1S/C10H16BrN3/c1-2-3-4-5-9-13-7-8(6-11)10(12)14-9/h7H,2-6H2,1H3,(H2,12,13,14). The molecule has 0 aliphatic carbocycles. The van der Waals surface area contributed by atoms with Gasteiger partial charge < -0.3 is 5.73 Å². The molecule has 0 saturated heterocycles. The Balaban J connectivity index is 2.57. The number of aromatic nitrogens is 2. The van der Waals surface area contributed by atoms with Gasteiger partial charge in [0.15, 0.2) is 0 Å². The Bertz CT molecular complexity index is 289. The van der Waals surface area contributed by atoms with E-state index in [-0.39, 0.29) is 0 Å². The molecule has 0 aliphatic rings. The fraction of sp³-hybridized carbons (Fsp3) is 0.600. The van der Waals surface area contributed by atoms with Crippen molar-refractivity contribution >= 4 is 21.7 Å². The van der Waals surface area contributed by atoms with E-state index in [0.717, 1.165) is 24.2 Å². The molecule has 0 bridgehead atoms. The highest BCUT2D eigenvalue weighted by molar-refractivity contribution is 9.08. The maximum atomic E-state index is 5.76. The van der Waals surface area contributed by atoms with Crippen LogP contribution in [0, 0.1) is 0 Å². The molecule has 2 N–H and O–H groups in total. The van der Waals surface area contributed by atoms with Crippen molar-refractivity contribution in [1.29, 1.82) is 0 Å². The van der Waals surface area contributed by atoms with Crippen LogP contribution >= 0.6 is 15.9 Å². The summed E-state index contributed by atoms with van der Waals surface area (Å²) in [5.74, 6) is 1.46. The molecular formula is C10H16BrN3. The topological polar surface area (TPSA) is 51.8 Å². The van der Waals surface area contributed by atoms with Gasteiger partial charge in [0.2, 0.25) is 0 Å². The van der Waals surface area contributed by atoms with Crippen LogP contribution in [0.15, 0.2) is 6.20 Å². The number of alkyl halides is 1. The lowest BCUT2D eigenvalue weighted by Gasteiger charge is -2.03. The quantitative estimate of drug-likeness (QED) is 0.652. The molecule has 1 aromatic rings. The number of halogens is 1. The van der Waals surface area contributed by atoms with Gasteiger partial charge in [-0.3, -0.25) is 0 Å². The van der Waals surface area contributed by atoms with Crippen LogP contribution in [0.1, 0.15) is 37.6 Å². The number of nitrogens with two attached hydrogens (primary N) is 1. The van der Waals surface area contributed by atoms with Gasteiger partial charge in [-0.25, -0.2) is 9.97 Å². The van der Waals surface area contributed by atoms with Gasteiger partial charge in [-0.15, -0.1) is 0 Å². The van der Waals surface area contributed by atoms with Crippen LogP contribution in [0.4, 0.5) is 5.82 Å². The average Bonchev–Trinajstić information content (AvgIpc) is 2.18. The largest absolute Gasteiger partial charge is 0.383 e. The number of hydrogen-bond acceptors (Lipinski definition) is 3. The molecule has 0 amide bonds. The van der Waals surface area contributed by atoms with E-state index in [2.05, 4.69) is 32.8 Å². The minimum absolute atomic E-state index is 0.600. The Morgan fingerprint density at radius 2 is 2.21 bits per heavy atom. The molecule has 1 aromatic heterocycles. The maximum absolute atomic E-state index is 5.76. The number of nitrogens with zero attached hydrogens (tertiary/aromatic N) is 2. The van der Waals surface area contributed by atoms with Crippen LogP contribution in [-0.2, 0) is 11.8 Å². The summed E-state index contributed by atoms with van der Waals surface area (Å²) < 4.78 is 0. The molecule has 0 unspecified atom stereocenters. The second-order valence-electron chi connectivity index (χ2n) is 3.29. The molecule has 0 radical (unpaired) electrons. The molecule has 3 nitrogen and oxygen atoms in total. The molecule has 14 heavy (non-hydrogen) atoms. The first-order valence-corrected chi connectivity index (χ1v) is 6.06. The lowest BCUT2D eigenvalue weighted by molar-refractivity contribution is 0.693. The Kier molecular flexibility index (Phi) is 4.87. The summed E-state index contributed by atoms with van der Waals surface area (Å²) in [6, 6.07) is 0. The first kappa shape index (κ1) is 11.4. The predicted molar refractivity (Wildman–Crippen MR) is 62.3 cm³/mol. The lowest BCUT2D eigenvalue weighted by atomic mass is 10.2. The highest BCUT2D eigenvalue weighted by atomic mass is 79.9. The molecule has 0 atom stereocenters. The van der Waals surface area contributed by atoms with Crippen LogP contribution < -0.4 is 5.73 Å². The fourth-order valence-electron chi connectivity index (χ4n) is 1.21. The molecule has 0 saturated carbocycles. The molecule has 1 rings (SSSR count). The first-order valence-electron chi connectivity index (χ1n) is 4.94. The van der Waals surface area contributed by atoms with Gasteiger partial charge in [0.1, 0.15) is 11.6 Å². The lowest BCUT2D eigenvalue weighted by Crippen LogP contribution is -2.02. The van der Waals surface area contributed by atoms with Crippen molar-refractivity contribution in [3.63, 3.8) is 0 Å². The van der Waals surface area contributed by atoms with Crippen LogP contribution in [0.3, 0.4) is 0 Å². The van der Waals surface area contributed by atoms with Crippen molar-refractivity contribution in [3.05, 3.63) is 17.6 Å². The van der Waals surface area contributed by atoms with E-state index in [1.807, 2.05) is 0 Å². The van der Waals surface area contributed by atoms with E-state index < -0.39 is 0 Å². The van der Waals surface area contributed by atoms with E-state index in [1.54, 1.807) is 6.20 Å². The van der Waals surface area contributed by atoms with Crippen molar-refractivity contribution in [2.45, 2.75) is 37.9 Å². The fourth-order valence-corrected chi connectivity index (χ4v) is 1.65. The third-order valence-corrected chi connectivity index (χ3v) is 2.70. The Morgan fingerprint density at radius 3 is 2.79 bits per heavy atom. The van der Waals surface area contributed by atoms with E-state index in [9.17, 15) is 0 Å². The summed E-state index contributed by atoms with van der Waals surface area (Å²) in [6.07, 6.45) is 6.32. The van der Waals surface area contributed by atoms with Crippen molar-refractivity contribution in [1.82, 2.24) is 9.97 Å². The van der Waals surface area contributed by atoms with Crippen molar-refractivity contribution in [2.75, 3.05) is 5.73 Å². The van der Waals surface area contributed by atoms with Gasteiger partial charge in [0.05, 0.1) is 0 Å². The zero-order chi connectivity index (χ0) is 10.4.